The van der Waals surface area contributed by atoms with E-state index in [1.807, 2.05) is 0 Å². The third kappa shape index (κ3) is 3.99. The van der Waals surface area contributed by atoms with Crippen LogP contribution in [0.15, 0.2) is 12.1 Å². The van der Waals surface area contributed by atoms with E-state index in [2.05, 4.69) is 66.0 Å². The summed E-state index contributed by atoms with van der Waals surface area (Å²) in [6.07, 6.45) is 1.15. The predicted octanol–water partition coefficient (Wildman–Crippen LogP) is 4.64. The van der Waals surface area contributed by atoms with Gasteiger partial charge in [-0.3, -0.25) is 0 Å². The summed E-state index contributed by atoms with van der Waals surface area (Å²) in [4.78, 5) is 0. The van der Waals surface area contributed by atoms with Gasteiger partial charge in [0, 0.05) is 6.04 Å². The summed E-state index contributed by atoms with van der Waals surface area (Å²) in [6.45, 7) is 13.6. The van der Waals surface area contributed by atoms with Gasteiger partial charge in [0.15, 0.2) is 0 Å². The number of rotatable bonds is 5. The summed E-state index contributed by atoms with van der Waals surface area (Å²) in [7, 11) is 3.79. The van der Waals surface area contributed by atoms with Gasteiger partial charge in [0.2, 0.25) is 0 Å². The largest absolute Gasteiger partial charge is 0.496 e. The normalized spacial score (nSPS) is 15.0. The smallest absolute Gasteiger partial charge is 0.122 e. The molecule has 20 heavy (non-hydrogen) atoms. The minimum Gasteiger partial charge on any atom is -0.496 e. The molecule has 0 saturated carbocycles. The van der Waals surface area contributed by atoms with Crippen molar-refractivity contribution in [3.05, 3.63) is 28.8 Å². The molecule has 0 bridgehead atoms. The molecule has 1 aromatic carbocycles. The van der Waals surface area contributed by atoms with Crippen LogP contribution in [0, 0.1) is 25.2 Å². The van der Waals surface area contributed by atoms with Crippen molar-refractivity contribution in [1.29, 1.82) is 0 Å². The number of benzene rings is 1. The summed E-state index contributed by atoms with van der Waals surface area (Å²) in [5.74, 6) is 1.63. The van der Waals surface area contributed by atoms with Gasteiger partial charge in [-0.15, -0.1) is 0 Å². The second kappa shape index (κ2) is 6.62. The molecule has 2 atom stereocenters. The van der Waals surface area contributed by atoms with Crippen LogP contribution >= 0.6 is 0 Å². The molecule has 1 N–H and O–H groups in total. The molecule has 2 heteroatoms. The van der Waals surface area contributed by atoms with Gasteiger partial charge in [0.25, 0.3) is 0 Å². The Kier molecular flexibility index (Phi) is 5.64. The molecule has 0 aliphatic rings. The third-order valence-electron chi connectivity index (χ3n) is 4.58. The van der Waals surface area contributed by atoms with E-state index in [0.717, 1.165) is 12.2 Å². The fraction of sp³-hybridized carbons (Fsp3) is 0.667. The average molecular weight is 277 g/mol. The SMILES string of the molecule is CNC(CC(C)C(C)(C)C)c1cc(C)c(OC)cc1C. The number of methoxy groups -OCH3 is 1. The maximum absolute atomic E-state index is 5.41. The van der Waals surface area contributed by atoms with Crippen molar-refractivity contribution in [2.45, 2.75) is 54.0 Å². The molecule has 1 rings (SSSR count). The topological polar surface area (TPSA) is 21.3 Å². The molecule has 0 amide bonds. The van der Waals surface area contributed by atoms with Crippen LogP contribution in [-0.2, 0) is 0 Å². The Bertz CT molecular complexity index is 445. The van der Waals surface area contributed by atoms with Gasteiger partial charge < -0.3 is 10.1 Å². The van der Waals surface area contributed by atoms with Gasteiger partial charge in [0.1, 0.15) is 5.75 Å². The zero-order valence-electron chi connectivity index (χ0n) is 14.4. The minimum atomic E-state index is 0.338. The standard InChI is InChI=1S/C18H31NO/c1-12-10-17(20-8)13(2)9-15(12)16(19-7)11-14(3)18(4,5)6/h9-10,14,16,19H,11H2,1-8H3. The Balaban J connectivity index is 3.04. The Labute approximate surface area is 124 Å². The van der Waals surface area contributed by atoms with Crippen molar-refractivity contribution in [2.24, 2.45) is 11.3 Å². The maximum Gasteiger partial charge on any atom is 0.122 e. The fourth-order valence-corrected chi connectivity index (χ4v) is 2.51. The maximum atomic E-state index is 5.41. The van der Waals surface area contributed by atoms with Gasteiger partial charge >= 0.3 is 0 Å². The van der Waals surface area contributed by atoms with Crippen molar-refractivity contribution in [2.75, 3.05) is 14.2 Å². The Hall–Kier alpha value is -1.02. The highest BCUT2D eigenvalue weighted by Crippen LogP contribution is 2.35. The quantitative estimate of drug-likeness (QED) is 0.846. The van der Waals surface area contributed by atoms with Crippen LogP contribution in [0.4, 0.5) is 0 Å². The molecule has 2 unspecified atom stereocenters. The molecule has 0 radical (unpaired) electrons. The molecular weight excluding hydrogens is 246 g/mol. The molecule has 0 heterocycles. The van der Waals surface area contributed by atoms with Crippen molar-refractivity contribution in [3.8, 4) is 5.75 Å². The second-order valence-corrected chi connectivity index (χ2v) is 7.02. The van der Waals surface area contributed by atoms with Gasteiger partial charge in [0.05, 0.1) is 7.11 Å². The van der Waals surface area contributed by atoms with Gasteiger partial charge in [-0.05, 0) is 61.4 Å². The first kappa shape index (κ1) is 17.0. The third-order valence-corrected chi connectivity index (χ3v) is 4.58. The van der Waals surface area contributed by atoms with E-state index < -0.39 is 0 Å². The lowest BCUT2D eigenvalue weighted by Gasteiger charge is -2.31. The van der Waals surface area contributed by atoms with Gasteiger partial charge in [-0.1, -0.05) is 33.8 Å². The van der Waals surface area contributed by atoms with Crippen molar-refractivity contribution in [1.82, 2.24) is 5.32 Å². The summed E-state index contributed by atoms with van der Waals surface area (Å²) in [6, 6.07) is 4.82. The van der Waals surface area contributed by atoms with Crippen molar-refractivity contribution < 1.29 is 4.74 Å². The first-order chi connectivity index (χ1) is 9.20. The van der Waals surface area contributed by atoms with Crippen LogP contribution in [0.1, 0.15) is 56.8 Å². The molecule has 1 aromatic rings. The zero-order chi connectivity index (χ0) is 15.5. The molecule has 2 nitrogen and oxygen atoms in total. The molecule has 0 spiro atoms. The number of hydrogen-bond donors (Lipinski definition) is 1. The highest BCUT2D eigenvalue weighted by molar-refractivity contribution is 5.42. The lowest BCUT2D eigenvalue weighted by molar-refractivity contribution is 0.226. The summed E-state index contributed by atoms with van der Waals surface area (Å²) in [5.41, 5.74) is 4.23. The number of hydrogen-bond acceptors (Lipinski definition) is 2. The zero-order valence-corrected chi connectivity index (χ0v) is 14.4. The first-order valence-electron chi connectivity index (χ1n) is 7.53. The van der Waals surface area contributed by atoms with Crippen LogP contribution in [-0.4, -0.2) is 14.2 Å². The van der Waals surface area contributed by atoms with Crippen LogP contribution in [0.3, 0.4) is 0 Å². The summed E-state index contributed by atoms with van der Waals surface area (Å²) >= 11 is 0. The van der Waals surface area contributed by atoms with E-state index >= 15 is 0 Å². The molecule has 0 aromatic heterocycles. The van der Waals surface area contributed by atoms with E-state index in [4.69, 9.17) is 4.74 Å². The van der Waals surface area contributed by atoms with E-state index in [0.29, 0.717) is 17.4 Å². The predicted molar refractivity (Wildman–Crippen MR) is 87.5 cm³/mol. The Morgan fingerprint density at radius 3 is 2.20 bits per heavy atom. The van der Waals surface area contributed by atoms with Gasteiger partial charge in [-0.2, -0.15) is 0 Å². The van der Waals surface area contributed by atoms with Crippen molar-refractivity contribution >= 4 is 0 Å². The monoisotopic (exact) mass is 277 g/mol. The van der Waals surface area contributed by atoms with E-state index in [9.17, 15) is 0 Å². The Morgan fingerprint density at radius 2 is 1.75 bits per heavy atom. The first-order valence-corrected chi connectivity index (χ1v) is 7.53. The fourth-order valence-electron chi connectivity index (χ4n) is 2.51. The summed E-state index contributed by atoms with van der Waals surface area (Å²) < 4.78 is 5.41. The van der Waals surface area contributed by atoms with Crippen LogP contribution in [0.2, 0.25) is 0 Å². The average Bonchev–Trinajstić information content (AvgIpc) is 2.37. The molecule has 0 saturated heterocycles. The minimum absolute atomic E-state index is 0.338. The highest BCUT2D eigenvalue weighted by Gasteiger charge is 2.24. The van der Waals surface area contributed by atoms with E-state index in [1.165, 1.54) is 16.7 Å². The highest BCUT2D eigenvalue weighted by atomic mass is 16.5. The molecule has 114 valence electrons. The van der Waals surface area contributed by atoms with E-state index in [1.54, 1.807) is 7.11 Å². The van der Waals surface area contributed by atoms with Crippen LogP contribution in [0.25, 0.3) is 0 Å². The number of nitrogens with one attached hydrogen (secondary N) is 1. The number of ether oxygens (including phenoxy) is 1. The van der Waals surface area contributed by atoms with E-state index in [-0.39, 0.29) is 0 Å². The molecule has 0 aliphatic carbocycles. The summed E-state index contributed by atoms with van der Waals surface area (Å²) in [5, 5.41) is 3.49. The number of aryl methyl sites for hydroxylation is 2. The molecule has 0 aliphatic heterocycles. The molecule has 0 fully saturated rings. The Morgan fingerprint density at radius 1 is 1.15 bits per heavy atom. The second-order valence-electron chi connectivity index (χ2n) is 7.02. The lowest BCUT2D eigenvalue weighted by atomic mass is 9.77. The lowest BCUT2D eigenvalue weighted by Crippen LogP contribution is -2.26. The molecular formula is C18H31NO. The van der Waals surface area contributed by atoms with Crippen LogP contribution in [0.5, 0.6) is 5.75 Å². The van der Waals surface area contributed by atoms with Crippen molar-refractivity contribution in [3.63, 3.8) is 0 Å². The van der Waals surface area contributed by atoms with Gasteiger partial charge in [-0.25, -0.2) is 0 Å². The van der Waals surface area contributed by atoms with Crippen LogP contribution < -0.4 is 10.1 Å².